The van der Waals surface area contributed by atoms with E-state index in [0.717, 1.165) is 5.56 Å². The zero-order chi connectivity index (χ0) is 27.4. The first kappa shape index (κ1) is 30.2. The summed E-state index contributed by atoms with van der Waals surface area (Å²) < 4.78 is 0. The van der Waals surface area contributed by atoms with E-state index >= 15 is 0 Å². The van der Waals surface area contributed by atoms with Gasteiger partial charge in [0, 0.05) is 64.5 Å². The molecule has 1 saturated heterocycles. The standard InChI is InChI=1S/C25H39N5O7/c1-3-27-8-9-28(16-22(31)32)10-11-29(17-23(33)34)12-13-30(18-24(35)36)21(15-27)14-19-4-6-20(7-5-19)25(37)26-2/h4-7,21H,3,8-18H2,1-2H3,(H,26,37)(H,31,32)(H,33,34)(H,35,36). The Balaban J connectivity index is 2.34. The maximum absolute atomic E-state index is 11.9. The van der Waals surface area contributed by atoms with Crippen molar-refractivity contribution in [1.29, 1.82) is 0 Å². The molecule has 1 heterocycles. The highest BCUT2D eigenvalue weighted by Crippen LogP contribution is 2.14. The normalized spacial score (nSPS) is 19.5. The van der Waals surface area contributed by atoms with Crippen molar-refractivity contribution in [3.8, 4) is 0 Å². The maximum atomic E-state index is 11.9. The number of nitrogens with one attached hydrogen (secondary N) is 1. The molecule has 1 amide bonds. The van der Waals surface area contributed by atoms with Crippen LogP contribution in [0, 0.1) is 0 Å². The molecule has 1 aliphatic heterocycles. The Hall–Kier alpha value is -3.06. The summed E-state index contributed by atoms with van der Waals surface area (Å²) in [6.45, 7) is 5.26. The van der Waals surface area contributed by atoms with E-state index in [1.807, 2.05) is 28.9 Å². The van der Waals surface area contributed by atoms with Gasteiger partial charge in [-0.2, -0.15) is 0 Å². The smallest absolute Gasteiger partial charge is 0.317 e. The quantitative estimate of drug-likeness (QED) is 0.314. The van der Waals surface area contributed by atoms with Crippen molar-refractivity contribution in [2.75, 3.05) is 79.0 Å². The molecular weight excluding hydrogens is 482 g/mol. The summed E-state index contributed by atoms with van der Waals surface area (Å²) >= 11 is 0. The van der Waals surface area contributed by atoms with Gasteiger partial charge in [-0.3, -0.25) is 33.9 Å². The number of nitrogens with zero attached hydrogens (tertiary/aromatic N) is 4. The molecule has 0 spiro atoms. The number of amides is 1. The Kier molecular flexibility index (Phi) is 12.4. The Labute approximate surface area is 217 Å². The summed E-state index contributed by atoms with van der Waals surface area (Å²) in [5, 5.41) is 30.9. The first-order valence-electron chi connectivity index (χ1n) is 12.5. The van der Waals surface area contributed by atoms with Crippen LogP contribution in [0.25, 0.3) is 0 Å². The van der Waals surface area contributed by atoms with Crippen LogP contribution < -0.4 is 5.32 Å². The molecule has 1 aliphatic rings. The van der Waals surface area contributed by atoms with Gasteiger partial charge >= 0.3 is 17.9 Å². The second-order valence-corrected chi connectivity index (χ2v) is 9.23. The summed E-state index contributed by atoms with van der Waals surface area (Å²) in [5.74, 6) is -3.09. The Bertz CT molecular complexity index is 911. The lowest BCUT2D eigenvalue weighted by Crippen LogP contribution is -2.52. The molecule has 0 saturated carbocycles. The SMILES string of the molecule is CCN1CCN(CC(=O)O)CCN(CC(=O)O)CCN(CC(=O)O)C(Cc2ccc(C(=O)NC)cc2)C1. The van der Waals surface area contributed by atoms with E-state index in [0.29, 0.717) is 64.3 Å². The average Bonchev–Trinajstić information content (AvgIpc) is 2.84. The minimum Gasteiger partial charge on any atom is -0.480 e. The third-order valence-electron chi connectivity index (χ3n) is 6.57. The number of aliphatic carboxylic acids is 3. The predicted molar refractivity (Wildman–Crippen MR) is 137 cm³/mol. The van der Waals surface area contributed by atoms with Gasteiger partial charge in [0.1, 0.15) is 0 Å². The molecule has 4 N–H and O–H groups in total. The van der Waals surface area contributed by atoms with Crippen molar-refractivity contribution >= 4 is 23.8 Å². The summed E-state index contributed by atoms with van der Waals surface area (Å²) in [6, 6.07) is 7.01. The number of hydrogen-bond acceptors (Lipinski definition) is 8. The van der Waals surface area contributed by atoms with Crippen molar-refractivity contribution in [3.63, 3.8) is 0 Å². The number of carboxylic acids is 3. The largest absolute Gasteiger partial charge is 0.480 e. The predicted octanol–water partition coefficient (Wildman–Crippen LogP) is -0.547. The molecule has 37 heavy (non-hydrogen) atoms. The molecule has 0 aliphatic carbocycles. The first-order valence-corrected chi connectivity index (χ1v) is 12.5. The highest BCUT2D eigenvalue weighted by molar-refractivity contribution is 5.93. The Morgan fingerprint density at radius 1 is 0.784 bits per heavy atom. The third-order valence-corrected chi connectivity index (χ3v) is 6.57. The number of rotatable bonds is 10. The van der Waals surface area contributed by atoms with E-state index in [1.165, 1.54) is 0 Å². The van der Waals surface area contributed by atoms with Gasteiger partial charge in [-0.25, -0.2) is 0 Å². The summed E-state index contributed by atoms with van der Waals surface area (Å²) in [7, 11) is 1.56. The highest BCUT2D eigenvalue weighted by Gasteiger charge is 2.26. The second kappa shape index (κ2) is 15.3. The maximum Gasteiger partial charge on any atom is 0.317 e. The van der Waals surface area contributed by atoms with Gasteiger partial charge in [-0.05, 0) is 30.7 Å². The molecule has 1 atom stereocenters. The second-order valence-electron chi connectivity index (χ2n) is 9.23. The van der Waals surface area contributed by atoms with E-state index in [1.54, 1.807) is 24.1 Å². The fraction of sp³-hybridized carbons (Fsp3) is 0.600. The molecule has 1 aromatic carbocycles. The van der Waals surface area contributed by atoms with Crippen LogP contribution in [0.1, 0.15) is 22.8 Å². The van der Waals surface area contributed by atoms with Crippen LogP contribution in [0.3, 0.4) is 0 Å². The summed E-state index contributed by atoms with van der Waals surface area (Å²) in [6.07, 6.45) is 0.537. The minimum atomic E-state index is -0.994. The van der Waals surface area contributed by atoms with E-state index in [2.05, 4.69) is 10.2 Å². The van der Waals surface area contributed by atoms with Crippen molar-refractivity contribution in [2.45, 2.75) is 19.4 Å². The van der Waals surface area contributed by atoms with Gasteiger partial charge < -0.3 is 25.5 Å². The van der Waals surface area contributed by atoms with Crippen LogP contribution in [0.5, 0.6) is 0 Å². The molecule has 1 unspecified atom stereocenters. The molecular formula is C25H39N5O7. The fourth-order valence-corrected chi connectivity index (χ4v) is 4.52. The number of benzene rings is 1. The highest BCUT2D eigenvalue weighted by atomic mass is 16.4. The number of carboxylic acid groups (broad SMARTS) is 3. The molecule has 1 fully saturated rings. The zero-order valence-electron chi connectivity index (χ0n) is 21.6. The number of hydrogen-bond donors (Lipinski definition) is 4. The number of carbonyl (C=O) groups excluding carboxylic acids is 1. The van der Waals surface area contributed by atoms with Crippen LogP contribution in [-0.4, -0.2) is 144 Å². The van der Waals surface area contributed by atoms with Crippen LogP contribution in [0.4, 0.5) is 0 Å². The van der Waals surface area contributed by atoms with E-state index in [9.17, 15) is 34.5 Å². The third kappa shape index (κ3) is 10.8. The Morgan fingerprint density at radius 3 is 1.73 bits per heavy atom. The zero-order valence-corrected chi connectivity index (χ0v) is 21.6. The number of likely N-dealkylation sites (N-methyl/N-ethyl adjacent to an activating group) is 1. The van der Waals surface area contributed by atoms with Gasteiger partial charge in [0.2, 0.25) is 0 Å². The fourth-order valence-electron chi connectivity index (χ4n) is 4.52. The van der Waals surface area contributed by atoms with Crippen LogP contribution in [-0.2, 0) is 20.8 Å². The summed E-state index contributed by atoms with van der Waals surface area (Å²) in [4.78, 5) is 54.1. The first-order chi connectivity index (χ1) is 17.6. The van der Waals surface area contributed by atoms with Crippen LogP contribution in [0.2, 0.25) is 0 Å². The van der Waals surface area contributed by atoms with Gasteiger partial charge in [0.25, 0.3) is 5.91 Å². The molecule has 12 nitrogen and oxygen atoms in total. The van der Waals surface area contributed by atoms with E-state index in [-0.39, 0.29) is 31.6 Å². The van der Waals surface area contributed by atoms with Gasteiger partial charge in [-0.1, -0.05) is 19.1 Å². The molecule has 1 aromatic rings. The van der Waals surface area contributed by atoms with Crippen molar-refractivity contribution in [2.24, 2.45) is 0 Å². The Morgan fingerprint density at radius 2 is 1.27 bits per heavy atom. The van der Waals surface area contributed by atoms with Crippen LogP contribution >= 0.6 is 0 Å². The molecule has 206 valence electrons. The van der Waals surface area contributed by atoms with E-state index < -0.39 is 17.9 Å². The van der Waals surface area contributed by atoms with Crippen molar-refractivity contribution in [3.05, 3.63) is 35.4 Å². The minimum absolute atomic E-state index is 0.134. The number of carbonyl (C=O) groups is 4. The monoisotopic (exact) mass is 521 g/mol. The van der Waals surface area contributed by atoms with Gasteiger partial charge in [0.05, 0.1) is 19.6 Å². The van der Waals surface area contributed by atoms with Crippen LogP contribution in [0.15, 0.2) is 24.3 Å². The van der Waals surface area contributed by atoms with E-state index in [4.69, 9.17) is 0 Å². The lowest BCUT2D eigenvalue weighted by atomic mass is 10.0. The van der Waals surface area contributed by atoms with Crippen molar-refractivity contribution < 1.29 is 34.5 Å². The summed E-state index contributed by atoms with van der Waals surface area (Å²) in [5.41, 5.74) is 1.48. The van der Waals surface area contributed by atoms with Gasteiger partial charge in [0.15, 0.2) is 0 Å². The lowest BCUT2D eigenvalue weighted by Gasteiger charge is -2.37. The topological polar surface area (TPSA) is 154 Å². The molecule has 0 aromatic heterocycles. The van der Waals surface area contributed by atoms with Gasteiger partial charge in [-0.15, -0.1) is 0 Å². The molecule has 2 rings (SSSR count). The molecule has 0 bridgehead atoms. The molecule has 0 radical (unpaired) electrons. The average molecular weight is 522 g/mol. The van der Waals surface area contributed by atoms with Crippen molar-refractivity contribution in [1.82, 2.24) is 24.9 Å². The molecule has 12 heteroatoms. The lowest BCUT2D eigenvalue weighted by molar-refractivity contribution is -0.141.